The lowest BCUT2D eigenvalue weighted by atomic mass is 10.1. The number of Topliss-reactive ketones (excluding diaryl/α,β-unsaturated/α-hetero) is 1. The standard InChI is InChI=1S/C15H20N2O6/c1-2-22-14(20)12(16)13(19)11(8-18)17-15(21)23-9-10-6-4-3-5-7-10/h3-7,11-12,18H,2,8-9,16H2,1H3,(H,17,21). The molecule has 0 aliphatic carbocycles. The van der Waals surface area contributed by atoms with Crippen LogP contribution in [0.15, 0.2) is 30.3 Å². The summed E-state index contributed by atoms with van der Waals surface area (Å²) in [7, 11) is 0. The summed E-state index contributed by atoms with van der Waals surface area (Å²) in [5, 5.41) is 11.4. The van der Waals surface area contributed by atoms with E-state index in [1.165, 1.54) is 0 Å². The highest BCUT2D eigenvalue weighted by atomic mass is 16.5. The summed E-state index contributed by atoms with van der Waals surface area (Å²) < 4.78 is 9.55. The average molecular weight is 324 g/mol. The maximum atomic E-state index is 11.9. The summed E-state index contributed by atoms with van der Waals surface area (Å²) >= 11 is 0. The first-order chi connectivity index (χ1) is 11.0. The van der Waals surface area contributed by atoms with Crippen molar-refractivity contribution in [1.82, 2.24) is 5.32 Å². The van der Waals surface area contributed by atoms with Crippen LogP contribution in [0.2, 0.25) is 0 Å². The first kappa shape index (κ1) is 18.6. The van der Waals surface area contributed by atoms with E-state index in [-0.39, 0.29) is 13.2 Å². The van der Waals surface area contributed by atoms with Gasteiger partial charge in [0.25, 0.3) is 0 Å². The van der Waals surface area contributed by atoms with Gasteiger partial charge in [-0.3, -0.25) is 4.79 Å². The molecule has 0 aliphatic rings. The molecule has 2 unspecified atom stereocenters. The summed E-state index contributed by atoms with van der Waals surface area (Å²) in [6.45, 7) is 0.920. The Labute approximate surface area is 133 Å². The molecule has 1 amide bonds. The third-order valence-electron chi connectivity index (χ3n) is 2.88. The lowest BCUT2D eigenvalue weighted by molar-refractivity contribution is -0.148. The van der Waals surface area contributed by atoms with Gasteiger partial charge in [0, 0.05) is 0 Å². The van der Waals surface area contributed by atoms with E-state index in [1.807, 2.05) is 6.07 Å². The van der Waals surface area contributed by atoms with Crippen LogP contribution < -0.4 is 11.1 Å². The van der Waals surface area contributed by atoms with E-state index in [0.29, 0.717) is 0 Å². The molecule has 2 atom stereocenters. The van der Waals surface area contributed by atoms with Crippen molar-refractivity contribution in [2.45, 2.75) is 25.6 Å². The second-order valence-corrected chi connectivity index (χ2v) is 4.57. The van der Waals surface area contributed by atoms with Crippen molar-refractivity contribution in [3.63, 3.8) is 0 Å². The SMILES string of the molecule is CCOC(=O)C(N)C(=O)C(CO)NC(=O)OCc1ccccc1. The van der Waals surface area contributed by atoms with Crippen molar-refractivity contribution in [1.29, 1.82) is 0 Å². The van der Waals surface area contributed by atoms with Gasteiger partial charge in [0.05, 0.1) is 13.2 Å². The number of nitrogens with two attached hydrogens (primary N) is 1. The molecular weight excluding hydrogens is 304 g/mol. The Kier molecular flexibility index (Phi) is 7.72. The van der Waals surface area contributed by atoms with Gasteiger partial charge < -0.3 is 25.6 Å². The quantitative estimate of drug-likeness (QED) is 0.443. The highest BCUT2D eigenvalue weighted by Gasteiger charge is 2.31. The molecule has 4 N–H and O–H groups in total. The van der Waals surface area contributed by atoms with E-state index in [9.17, 15) is 19.5 Å². The predicted octanol–water partition coefficient (Wildman–Crippen LogP) is -0.267. The van der Waals surface area contributed by atoms with E-state index in [4.69, 9.17) is 10.5 Å². The second kappa shape index (κ2) is 9.54. The number of amides is 1. The fraction of sp³-hybridized carbons (Fsp3) is 0.400. The van der Waals surface area contributed by atoms with Crippen LogP contribution in [-0.4, -0.2) is 48.2 Å². The zero-order chi connectivity index (χ0) is 17.2. The van der Waals surface area contributed by atoms with Gasteiger partial charge in [-0.25, -0.2) is 9.59 Å². The number of carbonyl (C=O) groups excluding carboxylic acids is 3. The predicted molar refractivity (Wildman–Crippen MR) is 80.3 cm³/mol. The maximum absolute atomic E-state index is 11.9. The lowest BCUT2D eigenvalue weighted by Crippen LogP contribution is -2.53. The van der Waals surface area contributed by atoms with Gasteiger partial charge in [-0.05, 0) is 12.5 Å². The highest BCUT2D eigenvalue weighted by Crippen LogP contribution is 2.01. The first-order valence-corrected chi connectivity index (χ1v) is 7.03. The number of aliphatic hydroxyl groups excluding tert-OH is 1. The van der Waals surface area contributed by atoms with E-state index in [2.05, 4.69) is 10.1 Å². The molecule has 0 radical (unpaired) electrons. The number of hydrogen-bond acceptors (Lipinski definition) is 7. The Balaban J connectivity index is 2.52. The van der Waals surface area contributed by atoms with Crippen molar-refractivity contribution < 1.29 is 29.0 Å². The molecule has 1 aromatic carbocycles. The lowest BCUT2D eigenvalue weighted by Gasteiger charge is -2.18. The Morgan fingerprint density at radius 2 is 1.87 bits per heavy atom. The number of aliphatic hydroxyl groups is 1. The summed E-state index contributed by atoms with van der Waals surface area (Å²) in [4.78, 5) is 35.0. The van der Waals surface area contributed by atoms with Crippen molar-refractivity contribution >= 4 is 17.8 Å². The van der Waals surface area contributed by atoms with Crippen LogP contribution in [0.5, 0.6) is 0 Å². The number of hydrogen-bond donors (Lipinski definition) is 3. The summed E-state index contributed by atoms with van der Waals surface area (Å²) in [5.41, 5.74) is 6.20. The fourth-order valence-electron chi connectivity index (χ4n) is 1.68. The molecule has 1 aromatic rings. The van der Waals surface area contributed by atoms with E-state index >= 15 is 0 Å². The summed E-state index contributed by atoms with van der Waals surface area (Å²) in [6, 6.07) is 5.99. The number of ether oxygens (including phenoxy) is 2. The second-order valence-electron chi connectivity index (χ2n) is 4.57. The third-order valence-corrected chi connectivity index (χ3v) is 2.88. The van der Waals surface area contributed by atoms with Gasteiger partial charge in [-0.15, -0.1) is 0 Å². The Hall–Kier alpha value is -2.45. The van der Waals surface area contributed by atoms with Gasteiger partial charge >= 0.3 is 12.1 Å². The van der Waals surface area contributed by atoms with Gasteiger partial charge in [0.15, 0.2) is 11.8 Å². The zero-order valence-electron chi connectivity index (χ0n) is 12.7. The van der Waals surface area contributed by atoms with Gasteiger partial charge in [0.1, 0.15) is 12.6 Å². The molecule has 126 valence electrons. The van der Waals surface area contributed by atoms with Crippen LogP contribution in [0.25, 0.3) is 0 Å². The van der Waals surface area contributed by atoms with Gasteiger partial charge in [-0.1, -0.05) is 30.3 Å². The molecule has 0 saturated carbocycles. The number of benzene rings is 1. The van der Waals surface area contributed by atoms with Crippen LogP contribution >= 0.6 is 0 Å². The zero-order valence-corrected chi connectivity index (χ0v) is 12.7. The number of esters is 1. The molecule has 8 nitrogen and oxygen atoms in total. The molecule has 0 spiro atoms. The number of rotatable bonds is 8. The minimum Gasteiger partial charge on any atom is -0.464 e. The number of nitrogens with one attached hydrogen (secondary N) is 1. The Morgan fingerprint density at radius 3 is 2.43 bits per heavy atom. The summed E-state index contributed by atoms with van der Waals surface area (Å²) in [6.07, 6.45) is -0.905. The van der Waals surface area contributed by atoms with E-state index < -0.39 is 36.5 Å². The third kappa shape index (κ3) is 6.05. The highest BCUT2D eigenvalue weighted by molar-refractivity contribution is 6.06. The van der Waals surface area contributed by atoms with Crippen molar-refractivity contribution in [2.24, 2.45) is 5.73 Å². The molecule has 23 heavy (non-hydrogen) atoms. The monoisotopic (exact) mass is 324 g/mol. The average Bonchev–Trinajstić information content (AvgIpc) is 2.57. The van der Waals surface area contributed by atoms with E-state index in [1.54, 1.807) is 31.2 Å². The number of ketones is 1. The maximum Gasteiger partial charge on any atom is 0.408 e. The minimum absolute atomic E-state index is 0.00292. The molecular formula is C15H20N2O6. The van der Waals surface area contributed by atoms with Crippen LogP contribution in [0.1, 0.15) is 12.5 Å². The molecule has 0 bridgehead atoms. The van der Waals surface area contributed by atoms with Crippen LogP contribution in [0.3, 0.4) is 0 Å². The van der Waals surface area contributed by atoms with Crippen LogP contribution in [0, 0.1) is 0 Å². The topological polar surface area (TPSA) is 128 Å². The number of alkyl carbamates (subject to hydrolysis) is 1. The molecule has 1 rings (SSSR count). The molecule has 0 saturated heterocycles. The van der Waals surface area contributed by atoms with Crippen molar-refractivity contribution in [2.75, 3.05) is 13.2 Å². The number of carbonyl (C=O) groups is 3. The van der Waals surface area contributed by atoms with Crippen LogP contribution in [0.4, 0.5) is 4.79 Å². The molecule has 8 heteroatoms. The minimum atomic E-state index is -1.58. The molecule has 0 fully saturated rings. The van der Waals surface area contributed by atoms with Crippen LogP contribution in [-0.2, 0) is 25.7 Å². The van der Waals surface area contributed by atoms with Gasteiger partial charge in [0.2, 0.25) is 0 Å². The molecule has 0 heterocycles. The van der Waals surface area contributed by atoms with Gasteiger partial charge in [-0.2, -0.15) is 0 Å². The van der Waals surface area contributed by atoms with Crippen molar-refractivity contribution in [3.05, 3.63) is 35.9 Å². The molecule has 0 aromatic heterocycles. The normalized spacial score (nSPS) is 12.8. The molecule has 0 aliphatic heterocycles. The smallest absolute Gasteiger partial charge is 0.408 e. The van der Waals surface area contributed by atoms with Crippen molar-refractivity contribution in [3.8, 4) is 0 Å². The largest absolute Gasteiger partial charge is 0.464 e. The Morgan fingerprint density at radius 1 is 1.22 bits per heavy atom. The van der Waals surface area contributed by atoms with E-state index in [0.717, 1.165) is 5.56 Å². The summed E-state index contributed by atoms with van der Waals surface area (Å²) in [5.74, 6) is -1.78. The first-order valence-electron chi connectivity index (χ1n) is 7.03. The fourth-order valence-corrected chi connectivity index (χ4v) is 1.68. The Bertz CT molecular complexity index is 534.